The third-order valence-electron chi connectivity index (χ3n) is 1.81. The van der Waals surface area contributed by atoms with Gasteiger partial charge in [0.05, 0.1) is 11.6 Å². The Labute approximate surface area is 82.8 Å². The third kappa shape index (κ3) is 2.30. The Kier molecular flexibility index (Phi) is 3.19. The van der Waals surface area contributed by atoms with Crippen molar-refractivity contribution < 1.29 is 4.79 Å². The number of carbonyl (C=O) groups is 1. The fourth-order valence-corrected chi connectivity index (χ4v) is 0.993. The van der Waals surface area contributed by atoms with E-state index in [-0.39, 0.29) is 12.5 Å². The van der Waals surface area contributed by atoms with Gasteiger partial charge >= 0.3 is 0 Å². The molecule has 0 fully saturated rings. The molecule has 14 heavy (non-hydrogen) atoms. The normalized spacial score (nSPS) is 9.21. The molecule has 72 valence electrons. The molecule has 1 aromatic rings. The van der Waals surface area contributed by atoms with Crippen molar-refractivity contribution in [2.75, 3.05) is 13.6 Å². The van der Waals surface area contributed by atoms with Crippen molar-refractivity contribution in [1.82, 2.24) is 9.88 Å². The van der Waals surface area contributed by atoms with E-state index in [1.807, 2.05) is 13.0 Å². The summed E-state index contributed by atoms with van der Waals surface area (Å²) in [6.45, 7) is 1.94. The standard InChI is InChI=1S/C10H11N3O/c1-8-3-4-9(7-12-8)10(14)13(2)6-5-11/h3-4,7H,6H2,1-2H3. The molecule has 0 bridgehead atoms. The van der Waals surface area contributed by atoms with E-state index in [2.05, 4.69) is 4.98 Å². The van der Waals surface area contributed by atoms with Gasteiger partial charge in [0, 0.05) is 18.9 Å². The molecule has 1 rings (SSSR count). The number of carbonyl (C=O) groups excluding carboxylic acids is 1. The number of rotatable bonds is 2. The van der Waals surface area contributed by atoms with E-state index in [0.717, 1.165) is 5.69 Å². The Morgan fingerprint density at radius 3 is 2.86 bits per heavy atom. The molecule has 0 saturated carbocycles. The van der Waals surface area contributed by atoms with Crippen molar-refractivity contribution in [3.8, 4) is 6.07 Å². The fraction of sp³-hybridized carbons (Fsp3) is 0.300. The van der Waals surface area contributed by atoms with Crippen LogP contribution < -0.4 is 0 Å². The molecule has 0 saturated heterocycles. The van der Waals surface area contributed by atoms with Gasteiger partial charge in [0.15, 0.2) is 0 Å². The third-order valence-corrected chi connectivity index (χ3v) is 1.81. The van der Waals surface area contributed by atoms with Crippen molar-refractivity contribution in [3.05, 3.63) is 29.6 Å². The number of aryl methyl sites for hydroxylation is 1. The van der Waals surface area contributed by atoms with Gasteiger partial charge in [-0.3, -0.25) is 9.78 Å². The first-order valence-corrected chi connectivity index (χ1v) is 4.20. The van der Waals surface area contributed by atoms with Crippen molar-refractivity contribution in [2.24, 2.45) is 0 Å². The van der Waals surface area contributed by atoms with Crippen LogP contribution >= 0.6 is 0 Å². The summed E-state index contributed by atoms with van der Waals surface area (Å²) in [5.41, 5.74) is 1.37. The van der Waals surface area contributed by atoms with E-state index >= 15 is 0 Å². The lowest BCUT2D eigenvalue weighted by atomic mass is 10.2. The van der Waals surface area contributed by atoms with Crippen molar-refractivity contribution in [2.45, 2.75) is 6.92 Å². The van der Waals surface area contributed by atoms with E-state index in [4.69, 9.17) is 5.26 Å². The van der Waals surface area contributed by atoms with Crippen molar-refractivity contribution in [3.63, 3.8) is 0 Å². The van der Waals surface area contributed by atoms with Gasteiger partial charge in [-0.1, -0.05) is 0 Å². The van der Waals surface area contributed by atoms with Gasteiger partial charge < -0.3 is 4.90 Å². The second-order valence-electron chi connectivity index (χ2n) is 3.01. The van der Waals surface area contributed by atoms with Crippen molar-refractivity contribution in [1.29, 1.82) is 5.26 Å². The highest BCUT2D eigenvalue weighted by molar-refractivity contribution is 5.93. The molecule has 0 aliphatic rings. The maximum Gasteiger partial charge on any atom is 0.256 e. The summed E-state index contributed by atoms with van der Waals surface area (Å²) in [5, 5.41) is 8.42. The van der Waals surface area contributed by atoms with E-state index in [0.29, 0.717) is 5.56 Å². The smallest absolute Gasteiger partial charge is 0.256 e. The van der Waals surface area contributed by atoms with Crippen LogP contribution in [0.4, 0.5) is 0 Å². The maximum absolute atomic E-state index is 11.6. The van der Waals surface area contributed by atoms with Gasteiger partial charge in [0.2, 0.25) is 0 Å². The minimum Gasteiger partial charge on any atom is -0.328 e. The molecule has 0 N–H and O–H groups in total. The van der Waals surface area contributed by atoms with Gasteiger partial charge in [-0.15, -0.1) is 0 Å². The predicted octanol–water partition coefficient (Wildman–Crippen LogP) is 0.986. The van der Waals surface area contributed by atoms with E-state index in [9.17, 15) is 4.79 Å². The second-order valence-corrected chi connectivity index (χ2v) is 3.01. The molecule has 0 aromatic carbocycles. The summed E-state index contributed by atoms with van der Waals surface area (Å²) in [6.07, 6.45) is 1.52. The van der Waals surface area contributed by atoms with Crippen LogP contribution in [-0.4, -0.2) is 29.4 Å². The zero-order valence-corrected chi connectivity index (χ0v) is 8.19. The molecular formula is C10H11N3O. The lowest BCUT2D eigenvalue weighted by molar-refractivity contribution is 0.0811. The molecule has 0 unspecified atom stereocenters. The first-order chi connectivity index (χ1) is 6.65. The molecular weight excluding hydrogens is 178 g/mol. The number of nitrogens with zero attached hydrogens (tertiary/aromatic N) is 3. The highest BCUT2D eigenvalue weighted by Gasteiger charge is 2.10. The Morgan fingerprint density at radius 1 is 1.64 bits per heavy atom. The molecule has 0 aliphatic heterocycles. The average Bonchev–Trinajstić information content (AvgIpc) is 2.18. The average molecular weight is 189 g/mol. The molecule has 1 heterocycles. The van der Waals surface area contributed by atoms with Crippen molar-refractivity contribution >= 4 is 5.91 Å². The number of aromatic nitrogens is 1. The molecule has 4 heteroatoms. The maximum atomic E-state index is 11.6. The minimum atomic E-state index is -0.181. The van der Waals surface area contributed by atoms with Crippen LogP contribution in [0.3, 0.4) is 0 Å². The lowest BCUT2D eigenvalue weighted by Crippen LogP contribution is -2.27. The zero-order chi connectivity index (χ0) is 10.6. The molecule has 0 aliphatic carbocycles. The number of hydrogen-bond donors (Lipinski definition) is 0. The topological polar surface area (TPSA) is 57.0 Å². The van der Waals surface area contributed by atoms with Crippen LogP contribution in [0.25, 0.3) is 0 Å². The minimum absolute atomic E-state index is 0.0900. The Bertz CT molecular complexity index is 364. The molecule has 1 amide bonds. The van der Waals surface area contributed by atoms with Gasteiger partial charge in [0.25, 0.3) is 5.91 Å². The van der Waals surface area contributed by atoms with E-state index in [1.54, 1.807) is 19.2 Å². The van der Waals surface area contributed by atoms with Crippen LogP contribution in [-0.2, 0) is 0 Å². The summed E-state index contributed by atoms with van der Waals surface area (Å²) in [6, 6.07) is 5.39. The first kappa shape index (κ1) is 10.2. The van der Waals surface area contributed by atoms with Gasteiger partial charge in [0.1, 0.15) is 6.54 Å². The number of pyridine rings is 1. The summed E-state index contributed by atoms with van der Waals surface area (Å²) in [4.78, 5) is 16.9. The van der Waals surface area contributed by atoms with Gasteiger partial charge in [-0.05, 0) is 19.1 Å². The second kappa shape index (κ2) is 4.38. The monoisotopic (exact) mass is 189 g/mol. The summed E-state index contributed by atoms with van der Waals surface area (Å²) in [7, 11) is 1.59. The summed E-state index contributed by atoms with van der Waals surface area (Å²) >= 11 is 0. The largest absolute Gasteiger partial charge is 0.328 e. The van der Waals surface area contributed by atoms with Crippen LogP contribution in [0, 0.1) is 18.3 Å². The molecule has 4 nitrogen and oxygen atoms in total. The zero-order valence-electron chi connectivity index (χ0n) is 8.19. The summed E-state index contributed by atoms with van der Waals surface area (Å²) < 4.78 is 0. The Hall–Kier alpha value is -1.89. The molecule has 0 radical (unpaired) electrons. The van der Waals surface area contributed by atoms with Crippen LogP contribution in [0.15, 0.2) is 18.3 Å². The molecule has 0 atom stereocenters. The number of hydrogen-bond acceptors (Lipinski definition) is 3. The number of amides is 1. The highest BCUT2D eigenvalue weighted by Crippen LogP contribution is 2.02. The molecule has 0 spiro atoms. The lowest BCUT2D eigenvalue weighted by Gasteiger charge is -2.12. The van der Waals surface area contributed by atoms with Crippen LogP contribution in [0.5, 0.6) is 0 Å². The van der Waals surface area contributed by atoms with Gasteiger partial charge in [-0.25, -0.2) is 0 Å². The molecule has 1 aromatic heterocycles. The Balaban J connectivity index is 2.80. The van der Waals surface area contributed by atoms with E-state index in [1.165, 1.54) is 11.1 Å². The Morgan fingerprint density at radius 2 is 2.36 bits per heavy atom. The summed E-state index contributed by atoms with van der Waals surface area (Å²) in [5.74, 6) is -0.181. The quantitative estimate of drug-likeness (QED) is 0.652. The SMILES string of the molecule is Cc1ccc(C(=O)N(C)CC#N)cn1. The van der Waals surface area contributed by atoms with Crippen LogP contribution in [0.1, 0.15) is 16.1 Å². The van der Waals surface area contributed by atoms with Gasteiger partial charge in [-0.2, -0.15) is 5.26 Å². The first-order valence-electron chi connectivity index (χ1n) is 4.20. The predicted molar refractivity (Wildman–Crippen MR) is 51.5 cm³/mol. The van der Waals surface area contributed by atoms with Crippen LogP contribution in [0.2, 0.25) is 0 Å². The fourth-order valence-electron chi connectivity index (χ4n) is 0.993. The van der Waals surface area contributed by atoms with E-state index < -0.39 is 0 Å². The number of nitriles is 1. The highest BCUT2D eigenvalue weighted by atomic mass is 16.2.